The lowest BCUT2D eigenvalue weighted by atomic mass is 10.2. The minimum Gasteiger partial charge on any atom is -0.481 e. The Balaban J connectivity index is 1.41. The number of fused-ring (bicyclic) bond motifs is 1. The van der Waals surface area contributed by atoms with Gasteiger partial charge in [-0.15, -0.1) is 0 Å². The molecule has 0 spiro atoms. The van der Waals surface area contributed by atoms with Crippen LogP contribution in [0.2, 0.25) is 5.02 Å². The molecule has 1 aromatic heterocycles. The second-order valence-corrected chi connectivity index (χ2v) is 9.65. The number of rotatable bonds is 7. The average molecular weight is 497 g/mol. The van der Waals surface area contributed by atoms with Crippen LogP contribution in [-0.4, -0.2) is 30.4 Å². The lowest BCUT2D eigenvalue weighted by Crippen LogP contribution is -2.30. The van der Waals surface area contributed by atoms with Crippen LogP contribution < -0.4 is 14.8 Å². The fraction of sp³-hybridized carbons (Fsp3) is 0.125. The van der Waals surface area contributed by atoms with Gasteiger partial charge >= 0.3 is 0 Å². The third-order valence-corrected chi connectivity index (χ3v) is 6.54. The van der Waals surface area contributed by atoms with E-state index < -0.39 is 16.1 Å². The van der Waals surface area contributed by atoms with Crippen LogP contribution in [0.3, 0.4) is 0 Å². The smallest absolute Gasteiger partial charge is 0.265 e. The zero-order valence-corrected chi connectivity index (χ0v) is 19.9. The molecule has 3 aromatic carbocycles. The van der Waals surface area contributed by atoms with Crippen LogP contribution in [0.1, 0.15) is 12.5 Å². The fourth-order valence-corrected chi connectivity index (χ4v) is 4.37. The molecule has 0 aliphatic rings. The number of aromatic nitrogens is 2. The molecule has 1 amide bonds. The van der Waals surface area contributed by atoms with Gasteiger partial charge in [0.1, 0.15) is 5.75 Å². The molecule has 1 heterocycles. The van der Waals surface area contributed by atoms with Gasteiger partial charge in [0, 0.05) is 10.7 Å². The largest absolute Gasteiger partial charge is 0.481 e. The molecular formula is C24H21ClN4O4S. The number of hydrogen-bond donors (Lipinski definition) is 2. The summed E-state index contributed by atoms with van der Waals surface area (Å²) in [5.74, 6) is 0.283. The Hall–Kier alpha value is -3.69. The summed E-state index contributed by atoms with van der Waals surface area (Å²) in [4.78, 5) is 21.0. The van der Waals surface area contributed by atoms with E-state index in [9.17, 15) is 13.2 Å². The number of aryl methyl sites for hydroxylation is 1. The number of anilines is 2. The number of carbonyl (C=O) groups is 1. The van der Waals surface area contributed by atoms with Crippen molar-refractivity contribution in [2.24, 2.45) is 0 Å². The first kappa shape index (κ1) is 23.5. The van der Waals surface area contributed by atoms with Crippen LogP contribution in [0.4, 0.5) is 11.5 Å². The molecular weight excluding hydrogens is 476 g/mol. The number of carbonyl (C=O) groups excluding carboxylic acids is 1. The zero-order valence-electron chi connectivity index (χ0n) is 18.3. The van der Waals surface area contributed by atoms with Crippen molar-refractivity contribution in [3.05, 3.63) is 83.5 Å². The highest BCUT2D eigenvalue weighted by atomic mass is 35.5. The molecule has 0 fully saturated rings. The van der Waals surface area contributed by atoms with Crippen LogP contribution >= 0.6 is 11.6 Å². The highest BCUT2D eigenvalue weighted by molar-refractivity contribution is 7.92. The molecule has 2 N–H and O–H groups in total. The predicted molar refractivity (Wildman–Crippen MR) is 132 cm³/mol. The van der Waals surface area contributed by atoms with Gasteiger partial charge in [0.25, 0.3) is 15.9 Å². The second-order valence-electron chi connectivity index (χ2n) is 7.53. The maximum absolute atomic E-state index is 12.7. The molecule has 10 heteroatoms. The van der Waals surface area contributed by atoms with Crippen LogP contribution in [0.15, 0.2) is 77.8 Å². The standard InChI is InChI=1S/C24H21ClN4O4S/c1-15-13-17(25)7-12-22(15)33-16(2)24(30)27-18-8-10-19(11-9-18)34(31,32)29-23-14-26-20-5-3-4-6-21(20)28-23/h3-14,16H,1-2H3,(H,27,30)(H,28,29)/t16-/m0/s1. The summed E-state index contributed by atoms with van der Waals surface area (Å²) < 4.78 is 33.6. The quantitative estimate of drug-likeness (QED) is 0.380. The minimum atomic E-state index is -3.89. The van der Waals surface area contributed by atoms with E-state index in [1.807, 2.05) is 13.0 Å². The van der Waals surface area contributed by atoms with Gasteiger partial charge in [0.2, 0.25) is 0 Å². The number of para-hydroxylation sites is 2. The average Bonchev–Trinajstić information content (AvgIpc) is 2.81. The van der Waals surface area contributed by atoms with Crippen LogP contribution in [0.5, 0.6) is 5.75 Å². The third-order valence-electron chi connectivity index (χ3n) is 4.93. The van der Waals surface area contributed by atoms with Crippen molar-refractivity contribution in [2.45, 2.75) is 24.8 Å². The number of sulfonamides is 1. The molecule has 174 valence electrons. The number of nitrogens with one attached hydrogen (secondary N) is 2. The van der Waals surface area contributed by atoms with E-state index in [-0.39, 0.29) is 16.6 Å². The van der Waals surface area contributed by atoms with Crippen LogP contribution in [0.25, 0.3) is 11.0 Å². The van der Waals surface area contributed by atoms with Gasteiger partial charge in [-0.2, -0.15) is 0 Å². The highest BCUT2D eigenvalue weighted by Gasteiger charge is 2.18. The molecule has 0 bridgehead atoms. The zero-order chi connectivity index (χ0) is 24.3. The second kappa shape index (κ2) is 9.66. The lowest BCUT2D eigenvalue weighted by Gasteiger charge is -2.16. The molecule has 34 heavy (non-hydrogen) atoms. The molecule has 4 rings (SSSR count). The van der Waals surface area contributed by atoms with Gasteiger partial charge in [-0.3, -0.25) is 14.5 Å². The normalized spacial score (nSPS) is 12.2. The Labute approximate surface area is 202 Å². The molecule has 4 aromatic rings. The van der Waals surface area contributed by atoms with Crippen molar-refractivity contribution in [1.82, 2.24) is 9.97 Å². The molecule has 0 unspecified atom stereocenters. The van der Waals surface area contributed by atoms with Gasteiger partial charge in [-0.25, -0.2) is 13.4 Å². The molecule has 8 nitrogen and oxygen atoms in total. The maximum atomic E-state index is 12.7. The van der Waals surface area contributed by atoms with Gasteiger partial charge in [0.05, 0.1) is 22.1 Å². The van der Waals surface area contributed by atoms with E-state index in [1.165, 1.54) is 30.5 Å². The van der Waals surface area contributed by atoms with Crippen molar-refractivity contribution in [3.63, 3.8) is 0 Å². The van der Waals surface area contributed by atoms with Crippen molar-refractivity contribution in [2.75, 3.05) is 10.0 Å². The monoisotopic (exact) mass is 496 g/mol. The van der Waals surface area contributed by atoms with Crippen molar-refractivity contribution in [1.29, 1.82) is 0 Å². The van der Waals surface area contributed by atoms with E-state index in [1.54, 1.807) is 43.3 Å². The summed E-state index contributed by atoms with van der Waals surface area (Å²) in [5, 5.41) is 3.30. The first-order valence-corrected chi connectivity index (χ1v) is 12.2. The van der Waals surface area contributed by atoms with Gasteiger partial charge < -0.3 is 10.1 Å². The predicted octanol–water partition coefficient (Wildman–Crippen LogP) is 4.80. The third kappa shape index (κ3) is 5.44. The topological polar surface area (TPSA) is 110 Å². The Kier molecular flexibility index (Phi) is 6.67. The fourth-order valence-electron chi connectivity index (χ4n) is 3.15. The van der Waals surface area contributed by atoms with Crippen molar-refractivity contribution < 1.29 is 17.9 Å². The minimum absolute atomic E-state index is 0.0153. The summed E-state index contributed by atoms with van der Waals surface area (Å²) >= 11 is 5.95. The van der Waals surface area contributed by atoms with E-state index in [0.29, 0.717) is 27.5 Å². The Morgan fingerprint density at radius 3 is 2.44 bits per heavy atom. The number of halogens is 1. The van der Waals surface area contributed by atoms with Gasteiger partial charge in [0.15, 0.2) is 11.9 Å². The van der Waals surface area contributed by atoms with Crippen molar-refractivity contribution in [3.8, 4) is 5.75 Å². The van der Waals surface area contributed by atoms with E-state index in [0.717, 1.165) is 5.56 Å². The summed E-state index contributed by atoms with van der Waals surface area (Å²) in [6.45, 7) is 3.46. The Morgan fingerprint density at radius 1 is 1.03 bits per heavy atom. The Bertz CT molecular complexity index is 1460. The Morgan fingerprint density at radius 2 is 1.74 bits per heavy atom. The molecule has 0 saturated heterocycles. The van der Waals surface area contributed by atoms with Crippen LogP contribution in [-0.2, 0) is 14.8 Å². The molecule has 0 saturated carbocycles. The molecule has 0 aliphatic carbocycles. The summed E-state index contributed by atoms with van der Waals surface area (Å²) in [6.07, 6.45) is 0.578. The van der Waals surface area contributed by atoms with Gasteiger partial charge in [-0.1, -0.05) is 23.7 Å². The van der Waals surface area contributed by atoms with E-state index >= 15 is 0 Å². The molecule has 0 radical (unpaired) electrons. The number of ether oxygens (including phenoxy) is 1. The highest BCUT2D eigenvalue weighted by Crippen LogP contribution is 2.23. The maximum Gasteiger partial charge on any atom is 0.265 e. The number of hydrogen-bond acceptors (Lipinski definition) is 6. The summed E-state index contributed by atoms with van der Waals surface area (Å²) in [6, 6.07) is 18.1. The van der Waals surface area contributed by atoms with Crippen molar-refractivity contribution >= 4 is 50.1 Å². The van der Waals surface area contributed by atoms with Gasteiger partial charge in [-0.05, 0) is 74.0 Å². The summed E-state index contributed by atoms with van der Waals surface area (Å²) in [7, 11) is -3.89. The number of nitrogens with zero attached hydrogens (tertiary/aromatic N) is 2. The summed E-state index contributed by atoms with van der Waals surface area (Å²) in [5.41, 5.74) is 2.48. The number of amides is 1. The van der Waals surface area contributed by atoms with E-state index in [2.05, 4.69) is 20.0 Å². The lowest BCUT2D eigenvalue weighted by molar-refractivity contribution is -0.122. The molecule has 1 atom stereocenters. The first-order chi connectivity index (χ1) is 16.2. The number of benzene rings is 3. The SMILES string of the molecule is Cc1cc(Cl)ccc1O[C@@H](C)C(=O)Nc1ccc(S(=O)(=O)Nc2cnc3ccccc3n2)cc1. The van der Waals surface area contributed by atoms with E-state index in [4.69, 9.17) is 16.3 Å². The first-order valence-electron chi connectivity index (χ1n) is 10.3. The molecule has 0 aliphatic heterocycles. The van der Waals surface area contributed by atoms with Crippen LogP contribution in [0, 0.1) is 6.92 Å².